The Hall–Kier alpha value is -3.76. The summed E-state index contributed by atoms with van der Waals surface area (Å²) < 4.78 is 74.1. The number of esters is 1. The Kier molecular flexibility index (Phi) is 6.63. The minimum absolute atomic E-state index is 0.0566. The van der Waals surface area contributed by atoms with E-state index in [9.17, 15) is 22.4 Å². The van der Waals surface area contributed by atoms with E-state index in [0.717, 1.165) is 0 Å². The van der Waals surface area contributed by atoms with Gasteiger partial charge in [-0.2, -0.15) is 17.6 Å². The van der Waals surface area contributed by atoms with Crippen LogP contribution in [-0.4, -0.2) is 39.3 Å². The van der Waals surface area contributed by atoms with Crippen molar-refractivity contribution in [2.24, 2.45) is 4.99 Å². The lowest BCUT2D eigenvalue weighted by Crippen LogP contribution is -2.07. The molecule has 0 radical (unpaired) electrons. The second-order valence-corrected chi connectivity index (χ2v) is 5.88. The smallest absolute Gasteiger partial charge is 0.387 e. The third kappa shape index (κ3) is 5.24. The van der Waals surface area contributed by atoms with Gasteiger partial charge in [-0.1, -0.05) is 6.07 Å². The van der Waals surface area contributed by atoms with Gasteiger partial charge >= 0.3 is 19.2 Å². The maximum atomic E-state index is 12.7. The highest BCUT2D eigenvalue weighted by molar-refractivity contribution is 6.13. The molecule has 0 aliphatic carbocycles. The Labute approximate surface area is 173 Å². The van der Waals surface area contributed by atoms with Crippen molar-refractivity contribution < 1.29 is 46.0 Å². The molecule has 1 heterocycles. The van der Waals surface area contributed by atoms with E-state index in [1.165, 1.54) is 56.7 Å². The Balaban J connectivity index is 1.95. The number of alkyl halides is 4. The van der Waals surface area contributed by atoms with Crippen LogP contribution in [0.1, 0.15) is 11.1 Å². The van der Waals surface area contributed by atoms with Crippen molar-refractivity contribution in [1.82, 2.24) is 0 Å². The summed E-state index contributed by atoms with van der Waals surface area (Å²) in [6, 6.07) is 8.16. The SMILES string of the molecule is COc1cc(/C=C2/N=C(c3cccc(OC(F)F)c3)OC2=O)cc(OC)c1OC(F)F. The van der Waals surface area contributed by atoms with Gasteiger partial charge in [-0.25, -0.2) is 9.79 Å². The molecule has 0 saturated carbocycles. The van der Waals surface area contributed by atoms with Gasteiger partial charge < -0.3 is 23.7 Å². The number of hydrogen-bond donors (Lipinski definition) is 0. The van der Waals surface area contributed by atoms with Crippen LogP contribution < -0.4 is 18.9 Å². The van der Waals surface area contributed by atoms with Crippen LogP contribution in [0, 0.1) is 0 Å². The van der Waals surface area contributed by atoms with E-state index in [4.69, 9.17) is 14.2 Å². The van der Waals surface area contributed by atoms with Crippen LogP contribution in [0.5, 0.6) is 23.0 Å². The Morgan fingerprint density at radius 3 is 2.19 bits per heavy atom. The Bertz CT molecular complexity index is 1010. The zero-order valence-electron chi connectivity index (χ0n) is 16.1. The molecule has 2 aromatic rings. The quantitative estimate of drug-likeness (QED) is 0.346. The van der Waals surface area contributed by atoms with Crippen molar-refractivity contribution in [2.75, 3.05) is 14.2 Å². The van der Waals surface area contributed by atoms with Crippen molar-refractivity contribution in [3.8, 4) is 23.0 Å². The summed E-state index contributed by atoms with van der Waals surface area (Å²) in [4.78, 5) is 16.3. The Morgan fingerprint density at radius 1 is 0.968 bits per heavy atom. The zero-order chi connectivity index (χ0) is 22.5. The molecule has 0 saturated heterocycles. The largest absolute Gasteiger partial charge is 0.493 e. The topological polar surface area (TPSA) is 75.6 Å². The molecule has 2 aromatic carbocycles. The minimum Gasteiger partial charge on any atom is -0.493 e. The molecule has 1 aliphatic heterocycles. The summed E-state index contributed by atoms with van der Waals surface area (Å²) in [5.41, 5.74) is 0.439. The van der Waals surface area contributed by atoms with Gasteiger partial charge in [0.25, 0.3) is 0 Å². The van der Waals surface area contributed by atoms with Crippen LogP contribution in [0.4, 0.5) is 17.6 Å². The predicted molar refractivity (Wildman–Crippen MR) is 99.9 cm³/mol. The van der Waals surface area contributed by atoms with Gasteiger partial charge in [0, 0.05) is 5.56 Å². The normalized spacial score (nSPS) is 14.6. The van der Waals surface area contributed by atoms with Crippen molar-refractivity contribution >= 4 is 17.9 Å². The summed E-state index contributed by atoms with van der Waals surface area (Å²) in [7, 11) is 2.50. The van der Waals surface area contributed by atoms with Crippen molar-refractivity contribution in [3.63, 3.8) is 0 Å². The van der Waals surface area contributed by atoms with E-state index in [0.29, 0.717) is 5.56 Å². The average molecular weight is 441 g/mol. The molecule has 3 rings (SSSR count). The summed E-state index contributed by atoms with van der Waals surface area (Å²) >= 11 is 0. The highest BCUT2D eigenvalue weighted by atomic mass is 19.3. The van der Waals surface area contributed by atoms with Gasteiger partial charge in [0.15, 0.2) is 17.2 Å². The first-order chi connectivity index (χ1) is 14.8. The number of carbonyl (C=O) groups is 1. The molecule has 0 unspecified atom stereocenters. The van der Waals surface area contributed by atoms with E-state index < -0.39 is 19.2 Å². The maximum absolute atomic E-state index is 12.7. The van der Waals surface area contributed by atoms with Crippen LogP contribution in [0.15, 0.2) is 47.1 Å². The molecule has 0 bridgehead atoms. The third-order valence-corrected chi connectivity index (χ3v) is 3.92. The summed E-state index contributed by atoms with van der Waals surface area (Å²) in [5.74, 6) is -1.48. The van der Waals surface area contributed by atoms with Crippen LogP contribution in [-0.2, 0) is 9.53 Å². The number of nitrogens with zero attached hydrogens (tertiary/aromatic N) is 1. The van der Waals surface area contributed by atoms with Gasteiger partial charge in [-0.3, -0.25) is 0 Å². The van der Waals surface area contributed by atoms with Gasteiger partial charge in [0.1, 0.15) is 5.75 Å². The molecule has 1 aliphatic rings. The first-order valence-electron chi connectivity index (χ1n) is 8.59. The summed E-state index contributed by atoms with van der Waals surface area (Å²) in [6.45, 7) is -6.12. The van der Waals surface area contributed by atoms with E-state index >= 15 is 0 Å². The number of benzene rings is 2. The summed E-state index contributed by atoms with van der Waals surface area (Å²) in [5, 5.41) is 0. The third-order valence-electron chi connectivity index (χ3n) is 3.92. The zero-order valence-corrected chi connectivity index (χ0v) is 16.1. The van der Waals surface area contributed by atoms with E-state index in [1.807, 2.05) is 0 Å². The molecule has 0 fully saturated rings. The second-order valence-electron chi connectivity index (χ2n) is 5.88. The average Bonchev–Trinajstić information content (AvgIpc) is 3.08. The number of rotatable bonds is 8. The fourth-order valence-electron chi connectivity index (χ4n) is 2.68. The van der Waals surface area contributed by atoms with Gasteiger partial charge in [0.2, 0.25) is 11.6 Å². The van der Waals surface area contributed by atoms with Gasteiger partial charge in [0.05, 0.1) is 14.2 Å². The molecule has 31 heavy (non-hydrogen) atoms. The van der Waals surface area contributed by atoms with E-state index in [-0.39, 0.29) is 40.2 Å². The first-order valence-corrected chi connectivity index (χ1v) is 8.59. The molecular formula is C20H15F4NO6. The van der Waals surface area contributed by atoms with Crippen LogP contribution in [0.3, 0.4) is 0 Å². The highest BCUT2D eigenvalue weighted by Crippen LogP contribution is 2.40. The number of aliphatic imine (C=N–C) groups is 1. The Morgan fingerprint density at radius 2 is 1.61 bits per heavy atom. The molecule has 0 N–H and O–H groups in total. The second kappa shape index (κ2) is 9.37. The minimum atomic E-state index is -3.10. The monoisotopic (exact) mass is 441 g/mol. The number of hydrogen-bond acceptors (Lipinski definition) is 7. The maximum Gasteiger partial charge on any atom is 0.387 e. The van der Waals surface area contributed by atoms with Gasteiger partial charge in [-0.15, -0.1) is 0 Å². The fraction of sp³-hybridized carbons (Fsp3) is 0.200. The molecule has 0 aromatic heterocycles. The lowest BCUT2D eigenvalue weighted by Gasteiger charge is -2.14. The molecule has 0 atom stereocenters. The van der Waals surface area contributed by atoms with Crippen molar-refractivity contribution in [2.45, 2.75) is 13.2 Å². The highest BCUT2D eigenvalue weighted by Gasteiger charge is 2.25. The number of ether oxygens (including phenoxy) is 5. The molecule has 0 amide bonds. The number of cyclic esters (lactones) is 1. The number of halogens is 4. The van der Waals surface area contributed by atoms with Crippen LogP contribution >= 0.6 is 0 Å². The lowest BCUT2D eigenvalue weighted by atomic mass is 10.1. The summed E-state index contributed by atoms with van der Waals surface area (Å²) in [6.07, 6.45) is 1.31. The van der Waals surface area contributed by atoms with E-state index in [1.54, 1.807) is 0 Å². The van der Waals surface area contributed by atoms with E-state index in [2.05, 4.69) is 14.5 Å². The molecule has 0 spiro atoms. The number of methoxy groups -OCH3 is 2. The predicted octanol–water partition coefficient (Wildman–Crippen LogP) is 4.25. The molecule has 164 valence electrons. The molecule has 7 nitrogen and oxygen atoms in total. The standard InChI is InChI=1S/C20H15F4NO6/c1-27-14-7-10(8-15(28-2)16(14)30-20(23)24)6-13-18(26)31-17(25-13)11-4-3-5-12(9-11)29-19(21)22/h3-9,19-20H,1-2H3/b13-6+. The lowest BCUT2D eigenvalue weighted by molar-refractivity contribution is -0.129. The van der Waals surface area contributed by atoms with Crippen molar-refractivity contribution in [3.05, 3.63) is 53.2 Å². The first kappa shape index (κ1) is 21.9. The van der Waals surface area contributed by atoms with Gasteiger partial charge in [-0.05, 0) is 42.0 Å². The van der Waals surface area contributed by atoms with Crippen LogP contribution in [0.2, 0.25) is 0 Å². The fourth-order valence-corrected chi connectivity index (χ4v) is 2.68. The molecular weight excluding hydrogens is 426 g/mol. The number of carbonyl (C=O) groups excluding carboxylic acids is 1. The van der Waals surface area contributed by atoms with Crippen LogP contribution in [0.25, 0.3) is 6.08 Å². The van der Waals surface area contributed by atoms with Crippen molar-refractivity contribution in [1.29, 1.82) is 0 Å². The molecule has 11 heteroatoms.